The SMILES string of the molecule is CCCCCCCCCCCCCCCCCCCCCC(=O)O[C@H](COC(=O)CCCCCCCCCCCCC(C)CC)COP(=O)(O)OC[C@@H](O)COP(=O)(O)OC[C@@H](COC(=O)CCCCCCCCCC(C)C)OC(=O)CCCCCCCCCCC(C)CC. The maximum atomic E-state index is 13.1. The smallest absolute Gasteiger partial charge is 0.462 e. The molecule has 0 fully saturated rings. The molecule has 0 aliphatic heterocycles. The Bertz CT molecular complexity index is 1860. The van der Waals surface area contributed by atoms with Gasteiger partial charge in [-0.2, -0.15) is 0 Å². The number of esters is 4. The first kappa shape index (κ1) is 93.1. The van der Waals surface area contributed by atoms with Crippen molar-refractivity contribution < 1.29 is 80.2 Å². The van der Waals surface area contributed by atoms with Gasteiger partial charge in [-0.15, -0.1) is 0 Å². The van der Waals surface area contributed by atoms with Gasteiger partial charge in [0.2, 0.25) is 0 Å². The van der Waals surface area contributed by atoms with E-state index in [2.05, 4.69) is 48.5 Å². The number of hydrogen-bond acceptors (Lipinski definition) is 15. The van der Waals surface area contributed by atoms with Crippen LogP contribution in [0.25, 0.3) is 0 Å². The molecule has 0 radical (unpaired) electrons. The van der Waals surface area contributed by atoms with E-state index in [1.807, 2.05) is 0 Å². The molecule has 564 valence electrons. The van der Waals surface area contributed by atoms with Crippen molar-refractivity contribution in [3.63, 3.8) is 0 Å². The minimum Gasteiger partial charge on any atom is -0.462 e. The Balaban J connectivity index is 5.24. The summed E-state index contributed by atoms with van der Waals surface area (Å²) in [5, 5.41) is 10.6. The number of unbranched alkanes of at least 4 members (excludes halogenated alkanes) is 40. The normalized spacial score (nSPS) is 14.6. The summed E-state index contributed by atoms with van der Waals surface area (Å²) in [6, 6.07) is 0. The van der Waals surface area contributed by atoms with Gasteiger partial charge in [0.15, 0.2) is 12.2 Å². The fourth-order valence-corrected chi connectivity index (χ4v) is 13.1. The van der Waals surface area contributed by atoms with E-state index in [0.717, 1.165) is 108 Å². The molecule has 19 heteroatoms. The van der Waals surface area contributed by atoms with Gasteiger partial charge < -0.3 is 33.8 Å². The molecule has 95 heavy (non-hydrogen) atoms. The molecule has 0 rings (SSSR count). The van der Waals surface area contributed by atoms with E-state index in [0.29, 0.717) is 31.6 Å². The Labute approximate surface area is 581 Å². The molecule has 3 N–H and O–H groups in total. The predicted octanol–water partition coefficient (Wildman–Crippen LogP) is 22.2. The van der Waals surface area contributed by atoms with Crippen LogP contribution in [0.2, 0.25) is 0 Å². The first-order valence-corrected chi connectivity index (χ1v) is 42.4. The van der Waals surface area contributed by atoms with Crippen LogP contribution < -0.4 is 0 Å². The summed E-state index contributed by atoms with van der Waals surface area (Å²) in [6.45, 7) is 11.9. The summed E-state index contributed by atoms with van der Waals surface area (Å²) < 4.78 is 68.5. The van der Waals surface area contributed by atoms with E-state index in [4.69, 9.17) is 37.0 Å². The third kappa shape index (κ3) is 67.6. The second-order valence-electron chi connectivity index (χ2n) is 28.4. The van der Waals surface area contributed by atoms with Crippen LogP contribution in [0.3, 0.4) is 0 Å². The van der Waals surface area contributed by atoms with Crippen molar-refractivity contribution in [2.24, 2.45) is 17.8 Å². The topological polar surface area (TPSA) is 237 Å². The Hall–Kier alpha value is -1.94. The van der Waals surface area contributed by atoms with E-state index < -0.39 is 97.5 Å². The standard InChI is InChI=1S/C76H148O17P2/c1-8-11-12-13-14-15-16-17-18-19-20-21-22-23-24-29-37-45-52-59-75(80)92-71(63-86-73(78)57-50-43-36-28-26-25-27-34-41-48-55-68(6)9-2)65-90-94(82,83)88-61-70(77)62-89-95(84,85)91-66-72(64-87-74(79)58-51-44-39-32-33-40-47-54-67(4)5)93-76(81)60-53-46-38-31-30-35-42-49-56-69(7)10-3/h67-72,77H,8-66H2,1-7H3,(H,82,83)(H,84,85)/t68?,69?,70-,71-,72-/m1/s1. The van der Waals surface area contributed by atoms with E-state index in [1.165, 1.54) is 193 Å². The highest BCUT2D eigenvalue weighted by Crippen LogP contribution is 2.45. The average Bonchev–Trinajstić information content (AvgIpc) is 1.51. The molecule has 0 aromatic carbocycles. The molecule has 0 saturated carbocycles. The third-order valence-corrected chi connectivity index (χ3v) is 20.3. The van der Waals surface area contributed by atoms with Crippen LogP contribution in [0.15, 0.2) is 0 Å². The Morgan fingerprint density at radius 1 is 0.305 bits per heavy atom. The zero-order valence-electron chi connectivity index (χ0n) is 62.1. The molecule has 0 aliphatic carbocycles. The molecule has 4 unspecified atom stereocenters. The largest absolute Gasteiger partial charge is 0.472 e. The lowest BCUT2D eigenvalue weighted by Gasteiger charge is -2.21. The highest BCUT2D eigenvalue weighted by Gasteiger charge is 2.30. The number of hydrogen-bond donors (Lipinski definition) is 3. The summed E-state index contributed by atoms with van der Waals surface area (Å²) in [7, 11) is -9.91. The molecule has 0 aromatic heterocycles. The molecule has 0 aromatic rings. The number of carbonyl (C=O) groups excluding carboxylic acids is 4. The third-order valence-electron chi connectivity index (χ3n) is 18.4. The van der Waals surface area contributed by atoms with E-state index in [9.17, 15) is 43.2 Å². The molecule has 0 saturated heterocycles. The van der Waals surface area contributed by atoms with Crippen molar-refractivity contribution in [2.45, 2.75) is 407 Å². The molecule has 0 bridgehead atoms. The lowest BCUT2D eigenvalue weighted by molar-refractivity contribution is -0.161. The van der Waals surface area contributed by atoms with Crippen LogP contribution in [0.1, 0.15) is 389 Å². The first-order chi connectivity index (χ1) is 45.8. The van der Waals surface area contributed by atoms with E-state index >= 15 is 0 Å². The second-order valence-corrected chi connectivity index (χ2v) is 31.3. The van der Waals surface area contributed by atoms with Crippen molar-refractivity contribution >= 4 is 39.5 Å². The number of aliphatic hydroxyl groups is 1. The molecule has 17 nitrogen and oxygen atoms in total. The summed E-state index contributed by atoms with van der Waals surface area (Å²) in [4.78, 5) is 72.8. The van der Waals surface area contributed by atoms with Crippen LogP contribution >= 0.6 is 15.6 Å². The number of phosphoric ester groups is 2. The number of aliphatic hydroxyl groups excluding tert-OH is 1. The Kier molecular flexibility index (Phi) is 65.2. The van der Waals surface area contributed by atoms with Crippen LogP contribution in [0.4, 0.5) is 0 Å². The van der Waals surface area contributed by atoms with E-state index in [1.54, 1.807) is 0 Å². The lowest BCUT2D eigenvalue weighted by Crippen LogP contribution is -2.30. The fraction of sp³-hybridized carbons (Fsp3) is 0.947. The minimum atomic E-state index is -4.96. The molecule has 0 heterocycles. The van der Waals surface area contributed by atoms with Gasteiger partial charge in [0.25, 0.3) is 0 Å². The molecule has 0 amide bonds. The maximum absolute atomic E-state index is 13.1. The van der Waals surface area contributed by atoms with Crippen LogP contribution in [-0.4, -0.2) is 96.7 Å². The summed E-state index contributed by atoms with van der Waals surface area (Å²) in [5.74, 6) is 0.163. The van der Waals surface area contributed by atoms with Gasteiger partial charge >= 0.3 is 39.5 Å². The summed E-state index contributed by atoms with van der Waals surface area (Å²) in [6.07, 6.45) is 52.7. The second kappa shape index (κ2) is 66.6. The number of rotatable bonds is 74. The predicted molar refractivity (Wildman–Crippen MR) is 386 cm³/mol. The van der Waals surface area contributed by atoms with Crippen LogP contribution in [0.5, 0.6) is 0 Å². The average molecular weight is 1400 g/mol. The minimum absolute atomic E-state index is 0.104. The van der Waals surface area contributed by atoms with Gasteiger partial charge in [-0.1, -0.05) is 337 Å². The van der Waals surface area contributed by atoms with Gasteiger partial charge in [-0.25, -0.2) is 9.13 Å². The monoisotopic (exact) mass is 1400 g/mol. The number of ether oxygens (including phenoxy) is 4. The quantitative estimate of drug-likeness (QED) is 0.0222. The summed E-state index contributed by atoms with van der Waals surface area (Å²) in [5.41, 5.74) is 0. The van der Waals surface area contributed by atoms with Gasteiger partial charge in [-0.3, -0.25) is 37.3 Å². The highest BCUT2D eigenvalue weighted by atomic mass is 31.2. The Morgan fingerprint density at radius 3 is 0.800 bits per heavy atom. The molecular weight excluding hydrogens is 1250 g/mol. The van der Waals surface area contributed by atoms with Crippen molar-refractivity contribution in [3.05, 3.63) is 0 Å². The highest BCUT2D eigenvalue weighted by molar-refractivity contribution is 7.47. The zero-order chi connectivity index (χ0) is 70.1. The number of phosphoric acid groups is 2. The molecular formula is C76H148O17P2. The first-order valence-electron chi connectivity index (χ1n) is 39.4. The number of carbonyl (C=O) groups is 4. The van der Waals surface area contributed by atoms with Gasteiger partial charge in [0, 0.05) is 25.7 Å². The van der Waals surface area contributed by atoms with Crippen molar-refractivity contribution in [3.8, 4) is 0 Å². The molecule has 0 aliphatic rings. The van der Waals surface area contributed by atoms with Gasteiger partial charge in [-0.05, 0) is 43.4 Å². The van der Waals surface area contributed by atoms with Gasteiger partial charge in [0.05, 0.1) is 26.4 Å². The Morgan fingerprint density at radius 2 is 0.537 bits per heavy atom. The van der Waals surface area contributed by atoms with Gasteiger partial charge in [0.1, 0.15) is 19.3 Å². The van der Waals surface area contributed by atoms with Crippen molar-refractivity contribution in [2.75, 3.05) is 39.6 Å². The van der Waals surface area contributed by atoms with Crippen molar-refractivity contribution in [1.82, 2.24) is 0 Å². The van der Waals surface area contributed by atoms with Crippen LogP contribution in [-0.2, 0) is 65.4 Å². The molecule has 7 atom stereocenters. The summed E-state index contributed by atoms with van der Waals surface area (Å²) >= 11 is 0. The van der Waals surface area contributed by atoms with Crippen LogP contribution in [0, 0.1) is 17.8 Å². The zero-order valence-corrected chi connectivity index (χ0v) is 63.9. The lowest BCUT2D eigenvalue weighted by atomic mass is 9.99. The fourth-order valence-electron chi connectivity index (χ4n) is 11.5. The molecule has 0 spiro atoms. The maximum Gasteiger partial charge on any atom is 0.472 e. The van der Waals surface area contributed by atoms with E-state index in [-0.39, 0.29) is 25.7 Å². The van der Waals surface area contributed by atoms with Crippen molar-refractivity contribution in [1.29, 1.82) is 0 Å².